The summed E-state index contributed by atoms with van der Waals surface area (Å²) in [5.41, 5.74) is 2.24. The number of nitrogens with one attached hydrogen (secondary N) is 2. The van der Waals surface area contributed by atoms with Crippen LogP contribution in [-0.4, -0.2) is 59.1 Å². The van der Waals surface area contributed by atoms with Crippen LogP contribution in [0.2, 0.25) is 0 Å². The SMILES string of the molecule is O=C(CCO)Nc1ccc(N2C(=O)NC(=NC3CCCCC3)C23CCN(Cc2ccccc2)CC3)cc1. The first kappa shape index (κ1) is 25.4. The molecule has 0 aromatic heterocycles. The molecule has 5 rings (SSSR count). The third-order valence-corrected chi connectivity index (χ3v) is 7.86. The summed E-state index contributed by atoms with van der Waals surface area (Å²) in [5.74, 6) is 0.586. The zero-order valence-corrected chi connectivity index (χ0v) is 21.4. The summed E-state index contributed by atoms with van der Waals surface area (Å²) in [5, 5.41) is 14.9. The number of benzene rings is 2. The number of carbonyl (C=O) groups is 2. The lowest BCUT2D eigenvalue weighted by molar-refractivity contribution is -0.116. The van der Waals surface area contributed by atoms with E-state index in [0.717, 1.165) is 56.8 Å². The molecule has 3 N–H and O–H groups in total. The molecular formula is C29H37N5O3. The first-order valence-electron chi connectivity index (χ1n) is 13.5. The number of hydrogen-bond donors (Lipinski definition) is 3. The van der Waals surface area contributed by atoms with Crippen LogP contribution in [0.25, 0.3) is 0 Å². The number of aliphatic hydroxyl groups is 1. The van der Waals surface area contributed by atoms with Crippen LogP contribution >= 0.6 is 0 Å². The van der Waals surface area contributed by atoms with Gasteiger partial charge in [0.25, 0.3) is 0 Å². The number of anilines is 2. The molecule has 1 spiro atoms. The van der Waals surface area contributed by atoms with Gasteiger partial charge < -0.3 is 10.4 Å². The van der Waals surface area contributed by atoms with Crippen molar-refractivity contribution in [2.24, 2.45) is 4.99 Å². The van der Waals surface area contributed by atoms with Gasteiger partial charge in [0.1, 0.15) is 11.4 Å². The van der Waals surface area contributed by atoms with Gasteiger partial charge in [-0.05, 0) is 55.5 Å². The Labute approximate surface area is 218 Å². The highest BCUT2D eigenvalue weighted by molar-refractivity contribution is 6.19. The molecular weight excluding hydrogens is 466 g/mol. The molecule has 1 aliphatic carbocycles. The third kappa shape index (κ3) is 5.70. The van der Waals surface area contributed by atoms with E-state index >= 15 is 0 Å². The number of amides is 3. The van der Waals surface area contributed by atoms with E-state index in [1.807, 2.05) is 35.2 Å². The fraction of sp³-hybridized carbons (Fsp3) is 0.483. The Morgan fingerprint density at radius 3 is 2.41 bits per heavy atom. The van der Waals surface area contributed by atoms with Crippen molar-refractivity contribution in [2.75, 3.05) is 29.9 Å². The number of rotatable bonds is 7. The number of carbonyl (C=O) groups excluding carboxylic acids is 2. The number of nitrogens with zero attached hydrogens (tertiary/aromatic N) is 3. The van der Waals surface area contributed by atoms with E-state index in [4.69, 9.17) is 10.1 Å². The van der Waals surface area contributed by atoms with Crippen LogP contribution < -0.4 is 15.5 Å². The maximum absolute atomic E-state index is 13.4. The van der Waals surface area contributed by atoms with Gasteiger partial charge in [-0.2, -0.15) is 0 Å². The Hall–Kier alpha value is -3.23. The number of urea groups is 1. The minimum atomic E-state index is -0.497. The molecule has 1 saturated carbocycles. The quantitative estimate of drug-likeness (QED) is 0.525. The lowest BCUT2D eigenvalue weighted by Gasteiger charge is -2.44. The average Bonchev–Trinajstić information content (AvgIpc) is 3.17. The van der Waals surface area contributed by atoms with Crippen LogP contribution in [0.5, 0.6) is 0 Å². The van der Waals surface area contributed by atoms with Gasteiger partial charge in [0.05, 0.1) is 19.1 Å². The van der Waals surface area contributed by atoms with Crippen molar-refractivity contribution < 1.29 is 14.7 Å². The molecule has 2 aromatic carbocycles. The van der Waals surface area contributed by atoms with E-state index in [1.54, 1.807) is 0 Å². The molecule has 196 valence electrons. The van der Waals surface area contributed by atoms with Crippen LogP contribution in [-0.2, 0) is 11.3 Å². The van der Waals surface area contributed by atoms with Gasteiger partial charge in [-0.3, -0.25) is 24.9 Å². The monoisotopic (exact) mass is 503 g/mol. The zero-order valence-electron chi connectivity index (χ0n) is 21.4. The minimum Gasteiger partial charge on any atom is -0.396 e. The molecule has 3 aliphatic rings. The first-order chi connectivity index (χ1) is 18.1. The maximum Gasteiger partial charge on any atom is 0.328 e. The van der Waals surface area contributed by atoms with Gasteiger partial charge in [0.2, 0.25) is 5.91 Å². The molecule has 2 heterocycles. The Bertz CT molecular complexity index is 1100. The predicted octanol–water partition coefficient (Wildman–Crippen LogP) is 4.30. The molecule has 0 bridgehead atoms. The van der Waals surface area contributed by atoms with Crippen molar-refractivity contribution in [3.8, 4) is 0 Å². The van der Waals surface area contributed by atoms with Crippen LogP contribution in [0.3, 0.4) is 0 Å². The molecule has 8 nitrogen and oxygen atoms in total. The molecule has 8 heteroatoms. The van der Waals surface area contributed by atoms with Crippen LogP contribution in [0.4, 0.5) is 16.2 Å². The Morgan fingerprint density at radius 1 is 1.03 bits per heavy atom. The first-order valence-corrected chi connectivity index (χ1v) is 13.5. The molecule has 2 aliphatic heterocycles. The normalized spacial score (nSPS) is 21.4. The summed E-state index contributed by atoms with van der Waals surface area (Å²) < 4.78 is 0. The molecule has 37 heavy (non-hydrogen) atoms. The van der Waals surface area contributed by atoms with Crippen molar-refractivity contribution in [3.63, 3.8) is 0 Å². The third-order valence-electron chi connectivity index (χ3n) is 7.86. The van der Waals surface area contributed by atoms with Gasteiger partial charge in [-0.25, -0.2) is 4.79 Å². The van der Waals surface area contributed by atoms with E-state index in [-0.39, 0.29) is 31.0 Å². The summed E-state index contributed by atoms with van der Waals surface area (Å²) in [6.45, 7) is 2.46. The van der Waals surface area contributed by atoms with E-state index < -0.39 is 5.54 Å². The fourth-order valence-corrected chi connectivity index (χ4v) is 5.89. The van der Waals surface area contributed by atoms with E-state index in [9.17, 15) is 9.59 Å². The number of aliphatic imine (C=N–C) groups is 1. The highest BCUT2D eigenvalue weighted by Crippen LogP contribution is 2.39. The second-order valence-corrected chi connectivity index (χ2v) is 10.4. The van der Waals surface area contributed by atoms with E-state index in [0.29, 0.717) is 5.69 Å². The Kier molecular flexibility index (Phi) is 7.86. The molecule has 3 amide bonds. The van der Waals surface area contributed by atoms with Gasteiger partial charge in [-0.1, -0.05) is 49.6 Å². The molecule has 2 saturated heterocycles. The molecule has 2 aromatic rings. The van der Waals surface area contributed by atoms with Crippen molar-refractivity contribution in [1.29, 1.82) is 0 Å². The zero-order chi connectivity index (χ0) is 25.7. The Morgan fingerprint density at radius 2 is 1.73 bits per heavy atom. The van der Waals surface area contributed by atoms with Crippen LogP contribution in [0.15, 0.2) is 59.6 Å². The number of aliphatic hydroxyl groups excluding tert-OH is 1. The minimum absolute atomic E-state index is 0.0554. The lowest BCUT2D eigenvalue weighted by Crippen LogP contribution is -2.57. The van der Waals surface area contributed by atoms with Crippen molar-refractivity contribution in [3.05, 3.63) is 60.2 Å². The van der Waals surface area contributed by atoms with Gasteiger partial charge in [0.15, 0.2) is 0 Å². The maximum atomic E-state index is 13.4. The average molecular weight is 504 g/mol. The second kappa shape index (κ2) is 11.4. The second-order valence-electron chi connectivity index (χ2n) is 10.4. The van der Waals surface area contributed by atoms with Gasteiger partial charge in [-0.15, -0.1) is 0 Å². The standard InChI is InChI=1S/C29H37N5O3/c35-20-15-26(36)30-24-11-13-25(14-12-24)34-28(37)32-27(31-23-9-5-2-6-10-23)29(34)16-18-33(19-17-29)21-22-7-3-1-4-8-22/h1,3-4,7-8,11-14,23,35H,2,5-6,9-10,15-21H2,(H,30,36)(H,31,32,37). The summed E-state index contributed by atoms with van der Waals surface area (Å²) in [6, 6.07) is 18.0. The summed E-state index contributed by atoms with van der Waals surface area (Å²) in [4.78, 5) is 34.8. The van der Waals surface area contributed by atoms with Gasteiger partial charge in [0, 0.05) is 31.0 Å². The number of piperidine rings is 1. The smallest absolute Gasteiger partial charge is 0.328 e. The number of likely N-dealkylation sites (tertiary alicyclic amines) is 1. The van der Waals surface area contributed by atoms with E-state index in [1.165, 1.54) is 24.8 Å². The summed E-state index contributed by atoms with van der Waals surface area (Å²) in [6.07, 6.45) is 7.48. The summed E-state index contributed by atoms with van der Waals surface area (Å²) >= 11 is 0. The highest BCUT2D eigenvalue weighted by Gasteiger charge is 2.53. The molecule has 0 atom stereocenters. The Balaban J connectivity index is 1.39. The van der Waals surface area contributed by atoms with Crippen molar-refractivity contribution >= 4 is 29.1 Å². The van der Waals surface area contributed by atoms with Gasteiger partial charge >= 0.3 is 6.03 Å². The lowest BCUT2D eigenvalue weighted by atomic mass is 9.84. The predicted molar refractivity (Wildman–Crippen MR) is 146 cm³/mol. The highest BCUT2D eigenvalue weighted by atomic mass is 16.3. The largest absolute Gasteiger partial charge is 0.396 e. The summed E-state index contributed by atoms with van der Waals surface area (Å²) in [7, 11) is 0. The van der Waals surface area contributed by atoms with Crippen LogP contribution in [0, 0.1) is 0 Å². The van der Waals surface area contributed by atoms with E-state index in [2.05, 4.69) is 39.8 Å². The topological polar surface area (TPSA) is 97.3 Å². The van der Waals surface area contributed by atoms with Crippen LogP contribution in [0.1, 0.15) is 56.9 Å². The molecule has 3 fully saturated rings. The number of amidine groups is 1. The fourth-order valence-electron chi connectivity index (χ4n) is 5.89. The van der Waals surface area contributed by atoms with Crippen molar-refractivity contribution in [1.82, 2.24) is 10.2 Å². The molecule has 0 unspecified atom stereocenters. The van der Waals surface area contributed by atoms with Crippen molar-refractivity contribution in [2.45, 2.75) is 69.5 Å². The number of hydrogen-bond acceptors (Lipinski definition) is 5. The molecule has 0 radical (unpaired) electrons.